The van der Waals surface area contributed by atoms with Gasteiger partial charge >= 0.3 is 0 Å². The normalized spacial score (nSPS) is 11.3. The summed E-state index contributed by atoms with van der Waals surface area (Å²) < 4.78 is 5.89. The number of benzene rings is 1. The molecule has 1 N–H and O–H groups in total. The molecule has 0 amide bonds. The Morgan fingerprint density at radius 3 is 2.56 bits per heavy atom. The maximum Gasteiger partial charge on any atom is 0.154 e. The molecule has 0 aliphatic rings. The lowest BCUT2D eigenvalue weighted by Gasteiger charge is -2.02. The Hall–Kier alpha value is -0.700. The number of hydrogen-bond acceptors (Lipinski definition) is 2. The molecule has 18 heavy (non-hydrogen) atoms. The molecule has 0 saturated heterocycles. The number of fused-ring (bicyclic) bond motifs is 1. The predicted molar refractivity (Wildman–Crippen MR) is 77.6 cm³/mol. The Morgan fingerprint density at radius 2 is 1.89 bits per heavy atom. The van der Waals surface area contributed by atoms with Crippen molar-refractivity contribution in [2.24, 2.45) is 0 Å². The van der Waals surface area contributed by atoms with Crippen LogP contribution in [0.15, 0.2) is 16.5 Å². The summed E-state index contributed by atoms with van der Waals surface area (Å²) in [7, 11) is 0. The second-order valence-corrected chi connectivity index (χ2v) is 5.08. The topological polar surface area (TPSA) is 25.2 Å². The van der Waals surface area contributed by atoms with E-state index in [0.29, 0.717) is 22.2 Å². The van der Waals surface area contributed by atoms with E-state index >= 15 is 0 Å². The average Bonchev–Trinajstić information content (AvgIpc) is 2.72. The summed E-state index contributed by atoms with van der Waals surface area (Å²) in [5.74, 6) is 0.948. The van der Waals surface area contributed by atoms with Crippen LogP contribution in [0.25, 0.3) is 11.0 Å². The first kappa shape index (κ1) is 13.7. The summed E-state index contributed by atoms with van der Waals surface area (Å²) in [6.45, 7) is 5.84. The number of rotatable bonds is 5. The van der Waals surface area contributed by atoms with Gasteiger partial charge in [0.05, 0.1) is 16.6 Å². The Labute approximate surface area is 117 Å². The van der Waals surface area contributed by atoms with Crippen LogP contribution < -0.4 is 5.32 Å². The summed E-state index contributed by atoms with van der Waals surface area (Å²) >= 11 is 12.5. The molecule has 2 nitrogen and oxygen atoms in total. The maximum atomic E-state index is 6.28. The molecule has 4 heteroatoms. The summed E-state index contributed by atoms with van der Waals surface area (Å²) in [5.41, 5.74) is 1.89. The van der Waals surface area contributed by atoms with Crippen LogP contribution in [0.4, 0.5) is 0 Å². The Kier molecular flexibility index (Phi) is 4.55. The van der Waals surface area contributed by atoms with Crippen LogP contribution in [-0.2, 0) is 13.0 Å². The quantitative estimate of drug-likeness (QED) is 0.854. The van der Waals surface area contributed by atoms with Crippen LogP contribution in [0.5, 0.6) is 0 Å². The fraction of sp³-hybridized carbons (Fsp3) is 0.429. The molecule has 0 atom stereocenters. The van der Waals surface area contributed by atoms with Gasteiger partial charge in [0.1, 0.15) is 5.76 Å². The Morgan fingerprint density at radius 1 is 1.17 bits per heavy atom. The van der Waals surface area contributed by atoms with Crippen LogP contribution in [0.3, 0.4) is 0 Å². The van der Waals surface area contributed by atoms with E-state index in [2.05, 4.69) is 19.2 Å². The smallest absolute Gasteiger partial charge is 0.154 e. The van der Waals surface area contributed by atoms with E-state index in [9.17, 15) is 0 Å². The highest BCUT2D eigenvalue weighted by atomic mass is 35.5. The van der Waals surface area contributed by atoms with Crippen LogP contribution in [0.1, 0.15) is 31.6 Å². The highest BCUT2D eigenvalue weighted by Crippen LogP contribution is 2.36. The Balaban J connectivity index is 2.59. The van der Waals surface area contributed by atoms with Crippen molar-refractivity contribution in [2.45, 2.75) is 33.2 Å². The van der Waals surface area contributed by atoms with Gasteiger partial charge in [-0.15, -0.1) is 0 Å². The molecular formula is C14H17Cl2NO. The van der Waals surface area contributed by atoms with Crippen molar-refractivity contribution in [3.63, 3.8) is 0 Å². The number of hydrogen-bond donors (Lipinski definition) is 1. The first-order chi connectivity index (χ1) is 8.69. The largest absolute Gasteiger partial charge is 0.458 e. The van der Waals surface area contributed by atoms with Gasteiger partial charge in [-0.3, -0.25) is 0 Å². The Bertz CT molecular complexity index is 548. The third-order valence-corrected chi connectivity index (χ3v) is 3.57. The van der Waals surface area contributed by atoms with Crippen molar-refractivity contribution >= 4 is 34.2 Å². The fourth-order valence-electron chi connectivity index (χ4n) is 2.13. The number of nitrogens with one attached hydrogen (secondary N) is 1. The van der Waals surface area contributed by atoms with Crippen LogP contribution in [0.2, 0.25) is 10.0 Å². The fourth-order valence-corrected chi connectivity index (χ4v) is 2.59. The van der Waals surface area contributed by atoms with Crippen molar-refractivity contribution in [3.8, 4) is 0 Å². The van der Waals surface area contributed by atoms with Crippen molar-refractivity contribution in [2.75, 3.05) is 6.54 Å². The molecule has 2 rings (SSSR count). The van der Waals surface area contributed by atoms with Gasteiger partial charge in [0, 0.05) is 10.9 Å². The minimum Gasteiger partial charge on any atom is -0.458 e. The molecule has 1 aromatic heterocycles. The van der Waals surface area contributed by atoms with Gasteiger partial charge in [0.2, 0.25) is 0 Å². The first-order valence-corrected chi connectivity index (χ1v) is 7.03. The highest BCUT2D eigenvalue weighted by molar-refractivity contribution is 6.40. The predicted octanol–water partition coefficient (Wildman–Crippen LogP) is 4.80. The SMILES string of the molecule is CCCc1c(CNCC)oc2c(Cl)ccc(Cl)c12. The van der Waals surface area contributed by atoms with E-state index in [4.69, 9.17) is 27.6 Å². The molecule has 0 bridgehead atoms. The molecule has 0 fully saturated rings. The van der Waals surface area contributed by atoms with Gasteiger partial charge in [0.15, 0.2) is 5.58 Å². The summed E-state index contributed by atoms with van der Waals surface area (Å²) in [5, 5.41) is 5.59. The molecule has 1 heterocycles. The van der Waals surface area contributed by atoms with Crippen molar-refractivity contribution < 1.29 is 4.42 Å². The van der Waals surface area contributed by atoms with Gasteiger partial charge < -0.3 is 9.73 Å². The number of furan rings is 1. The molecule has 98 valence electrons. The van der Waals surface area contributed by atoms with Gasteiger partial charge in [-0.2, -0.15) is 0 Å². The zero-order chi connectivity index (χ0) is 13.1. The maximum absolute atomic E-state index is 6.28. The molecule has 0 aliphatic heterocycles. The first-order valence-electron chi connectivity index (χ1n) is 6.28. The molecule has 0 unspecified atom stereocenters. The van der Waals surface area contributed by atoms with E-state index < -0.39 is 0 Å². The van der Waals surface area contributed by atoms with E-state index in [1.54, 1.807) is 6.07 Å². The van der Waals surface area contributed by atoms with Crippen molar-refractivity contribution in [3.05, 3.63) is 33.5 Å². The van der Waals surface area contributed by atoms with Gasteiger partial charge in [-0.05, 0) is 25.1 Å². The minimum atomic E-state index is 0.620. The van der Waals surface area contributed by atoms with E-state index in [-0.39, 0.29) is 0 Å². The van der Waals surface area contributed by atoms with Crippen molar-refractivity contribution in [1.29, 1.82) is 0 Å². The van der Waals surface area contributed by atoms with E-state index in [1.165, 1.54) is 5.56 Å². The summed E-state index contributed by atoms with van der Waals surface area (Å²) in [4.78, 5) is 0. The molecule has 1 aromatic carbocycles. The molecule has 0 saturated carbocycles. The van der Waals surface area contributed by atoms with E-state index in [1.807, 2.05) is 6.07 Å². The van der Waals surface area contributed by atoms with Gasteiger partial charge in [-0.1, -0.05) is 43.5 Å². The lowest BCUT2D eigenvalue weighted by Crippen LogP contribution is -2.12. The minimum absolute atomic E-state index is 0.620. The zero-order valence-electron chi connectivity index (χ0n) is 10.6. The van der Waals surface area contributed by atoms with Gasteiger partial charge in [-0.25, -0.2) is 0 Å². The molecular weight excluding hydrogens is 269 g/mol. The average molecular weight is 286 g/mol. The molecule has 0 radical (unpaired) electrons. The van der Waals surface area contributed by atoms with Crippen LogP contribution in [-0.4, -0.2) is 6.54 Å². The summed E-state index contributed by atoms with van der Waals surface area (Å²) in [6, 6.07) is 3.61. The number of aryl methyl sites for hydroxylation is 1. The molecule has 0 spiro atoms. The van der Waals surface area contributed by atoms with E-state index in [0.717, 1.165) is 30.5 Å². The second kappa shape index (κ2) is 5.96. The van der Waals surface area contributed by atoms with Gasteiger partial charge in [0.25, 0.3) is 0 Å². The molecule has 2 aromatic rings. The third-order valence-electron chi connectivity index (χ3n) is 2.96. The zero-order valence-corrected chi connectivity index (χ0v) is 12.2. The molecule has 0 aliphatic carbocycles. The van der Waals surface area contributed by atoms with Crippen molar-refractivity contribution in [1.82, 2.24) is 5.32 Å². The lowest BCUT2D eigenvalue weighted by molar-refractivity contribution is 0.513. The van der Waals surface area contributed by atoms with Crippen LogP contribution in [0, 0.1) is 0 Å². The second-order valence-electron chi connectivity index (χ2n) is 4.27. The standard InChI is InChI=1S/C14H17Cl2NO/c1-3-5-9-12(8-17-4-2)18-14-11(16)7-6-10(15)13(9)14/h6-7,17H,3-5,8H2,1-2H3. The third kappa shape index (κ3) is 2.51. The number of halogens is 2. The highest BCUT2D eigenvalue weighted by Gasteiger charge is 2.17. The lowest BCUT2D eigenvalue weighted by atomic mass is 10.1. The monoisotopic (exact) mass is 285 g/mol. The van der Waals surface area contributed by atoms with Crippen LogP contribution >= 0.6 is 23.2 Å². The summed E-state index contributed by atoms with van der Waals surface area (Å²) in [6.07, 6.45) is 2.00.